The predicted octanol–water partition coefficient (Wildman–Crippen LogP) is 2.83. The van der Waals surface area contributed by atoms with Crippen molar-refractivity contribution in [2.45, 2.75) is 56.8 Å². The number of ether oxygens (including phenoxy) is 1. The van der Waals surface area contributed by atoms with Crippen LogP contribution in [0.3, 0.4) is 0 Å². The Balaban J connectivity index is 1.60. The fourth-order valence-corrected chi connectivity index (χ4v) is 5.04. The summed E-state index contributed by atoms with van der Waals surface area (Å²) in [6, 6.07) is 9.79. The van der Waals surface area contributed by atoms with Gasteiger partial charge in [0.05, 0.1) is 23.4 Å². The quantitative estimate of drug-likeness (QED) is 0.744. The summed E-state index contributed by atoms with van der Waals surface area (Å²) in [4.78, 5) is 12.6. The molecule has 2 heterocycles. The van der Waals surface area contributed by atoms with Crippen LogP contribution in [0.5, 0.6) is 0 Å². The van der Waals surface area contributed by atoms with E-state index >= 15 is 0 Å². The average molecular weight is 421 g/mol. The molecule has 158 valence electrons. The fourth-order valence-electron chi connectivity index (χ4n) is 3.45. The molecular weight excluding hydrogens is 392 g/mol. The number of carbonyl (C=O) groups is 1. The second-order valence-electron chi connectivity index (χ2n) is 7.60. The summed E-state index contributed by atoms with van der Waals surface area (Å²) < 4.78 is 38.1. The maximum Gasteiger partial charge on any atom is 0.251 e. The second-order valence-corrected chi connectivity index (χ2v) is 9.53. The van der Waals surface area contributed by atoms with E-state index in [4.69, 9.17) is 9.15 Å². The maximum atomic E-state index is 12.9. The molecule has 1 amide bonds. The minimum Gasteiger partial charge on any atom is -0.469 e. The Labute approximate surface area is 172 Å². The second kappa shape index (κ2) is 9.11. The van der Waals surface area contributed by atoms with Crippen molar-refractivity contribution in [3.8, 4) is 0 Å². The molecule has 3 atom stereocenters. The van der Waals surface area contributed by atoms with E-state index in [1.54, 1.807) is 18.4 Å². The van der Waals surface area contributed by atoms with Crippen LogP contribution < -0.4 is 5.32 Å². The first-order valence-electron chi connectivity index (χ1n) is 9.84. The maximum absolute atomic E-state index is 12.9. The van der Waals surface area contributed by atoms with E-state index in [0.29, 0.717) is 18.7 Å². The van der Waals surface area contributed by atoms with E-state index in [-0.39, 0.29) is 29.1 Å². The van der Waals surface area contributed by atoms with Crippen LogP contribution in [0.25, 0.3) is 0 Å². The van der Waals surface area contributed by atoms with Gasteiger partial charge in [-0.3, -0.25) is 4.79 Å². The molecule has 1 N–H and O–H groups in total. The largest absolute Gasteiger partial charge is 0.469 e. The Bertz CT molecular complexity index is 899. The van der Waals surface area contributed by atoms with E-state index in [1.807, 2.05) is 32.9 Å². The molecule has 1 aromatic heterocycles. The van der Waals surface area contributed by atoms with Crippen molar-refractivity contribution in [1.29, 1.82) is 0 Å². The number of aryl methyl sites for hydroxylation is 1. The molecule has 1 fully saturated rings. The van der Waals surface area contributed by atoms with E-state index in [2.05, 4.69) is 5.32 Å². The van der Waals surface area contributed by atoms with Crippen LogP contribution in [0.15, 0.2) is 52.0 Å². The van der Waals surface area contributed by atoms with Gasteiger partial charge in [0.2, 0.25) is 10.0 Å². The molecular formula is C21H28N2O5S. The number of benzene rings is 1. The van der Waals surface area contributed by atoms with Crippen molar-refractivity contribution < 1.29 is 22.4 Å². The number of carbonyl (C=O) groups excluding carboxylic acids is 1. The molecule has 0 radical (unpaired) electrons. The number of nitrogens with zero attached hydrogens (tertiary/aromatic N) is 1. The summed E-state index contributed by atoms with van der Waals surface area (Å²) in [5, 5.41) is 2.93. The molecule has 2 aromatic rings. The van der Waals surface area contributed by atoms with Gasteiger partial charge in [-0.1, -0.05) is 0 Å². The number of rotatable bonds is 7. The standard InChI is InChI=1S/C21H28N2O5S/c1-15(6-9-19-5-4-12-27-19)22-21(24)18-7-10-20(11-8-18)29(25,26)23-13-16(2)28-17(3)14-23/h4-5,7-8,10-12,15-17H,6,9,13-14H2,1-3H3,(H,22,24)/t15-,16-,17+/m0/s1. The highest BCUT2D eigenvalue weighted by atomic mass is 32.2. The molecule has 29 heavy (non-hydrogen) atoms. The minimum atomic E-state index is -3.62. The summed E-state index contributed by atoms with van der Waals surface area (Å²) in [7, 11) is -3.62. The Kier molecular flexibility index (Phi) is 6.77. The molecule has 7 nitrogen and oxygen atoms in total. The van der Waals surface area contributed by atoms with Crippen molar-refractivity contribution in [3.63, 3.8) is 0 Å². The summed E-state index contributed by atoms with van der Waals surface area (Å²) in [6.07, 6.45) is 2.82. The zero-order chi connectivity index (χ0) is 21.0. The Morgan fingerprint density at radius 3 is 2.41 bits per heavy atom. The Morgan fingerprint density at radius 2 is 1.83 bits per heavy atom. The molecule has 8 heteroatoms. The van der Waals surface area contributed by atoms with Crippen LogP contribution in [0.4, 0.5) is 0 Å². The molecule has 1 saturated heterocycles. The number of sulfonamides is 1. The van der Waals surface area contributed by atoms with Crippen molar-refractivity contribution in [2.24, 2.45) is 0 Å². The van der Waals surface area contributed by atoms with Crippen molar-refractivity contribution in [2.75, 3.05) is 13.1 Å². The zero-order valence-electron chi connectivity index (χ0n) is 17.0. The van der Waals surface area contributed by atoms with Gasteiger partial charge in [-0.05, 0) is 63.6 Å². The average Bonchev–Trinajstić information content (AvgIpc) is 3.19. The highest BCUT2D eigenvalue weighted by molar-refractivity contribution is 7.89. The molecule has 0 unspecified atom stereocenters. The van der Waals surface area contributed by atoms with Gasteiger partial charge in [0, 0.05) is 31.1 Å². The molecule has 1 aromatic carbocycles. The van der Waals surface area contributed by atoms with Crippen LogP contribution in [0.2, 0.25) is 0 Å². The van der Waals surface area contributed by atoms with Crippen LogP contribution in [-0.4, -0.2) is 50.0 Å². The monoisotopic (exact) mass is 420 g/mol. The van der Waals surface area contributed by atoms with Crippen molar-refractivity contribution >= 4 is 15.9 Å². The third-order valence-electron chi connectivity index (χ3n) is 4.92. The highest BCUT2D eigenvalue weighted by Gasteiger charge is 2.32. The van der Waals surface area contributed by atoms with Crippen LogP contribution in [0, 0.1) is 0 Å². The fraction of sp³-hybridized carbons (Fsp3) is 0.476. The first-order chi connectivity index (χ1) is 13.8. The molecule has 1 aliphatic heterocycles. The van der Waals surface area contributed by atoms with E-state index < -0.39 is 10.0 Å². The Morgan fingerprint density at radius 1 is 1.17 bits per heavy atom. The van der Waals surface area contributed by atoms with Gasteiger partial charge in [-0.2, -0.15) is 4.31 Å². The van der Waals surface area contributed by atoms with Crippen molar-refractivity contribution in [3.05, 3.63) is 54.0 Å². The van der Waals surface area contributed by atoms with Gasteiger partial charge >= 0.3 is 0 Å². The lowest BCUT2D eigenvalue weighted by atomic mass is 10.1. The van der Waals surface area contributed by atoms with Gasteiger partial charge in [0.15, 0.2) is 0 Å². The number of amides is 1. The first kappa shape index (κ1) is 21.5. The van der Waals surface area contributed by atoms with Crippen LogP contribution in [-0.2, 0) is 21.2 Å². The van der Waals surface area contributed by atoms with Crippen molar-refractivity contribution in [1.82, 2.24) is 9.62 Å². The van der Waals surface area contributed by atoms with Gasteiger partial charge in [0.1, 0.15) is 5.76 Å². The number of hydrogen-bond donors (Lipinski definition) is 1. The smallest absolute Gasteiger partial charge is 0.251 e. The van der Waals surface area contributed by atoms with E-state index in [9.17, 15) is 13.2 Å². The highest BCUT2D eigenvalue weighted by Crippen LogP contribution is 2.21. The molecule has 0 spiro atoms. The Hall–Kier alpha value is -2.16. The predicted molar refractivity (Wildman–Crippen MR) is 109 cm³/mol. The lowest BCUT2D eigenvalue weighted by molar-refractivity contribution is -0.0440. The summed E-state index contributed by atoms with van der Waals surface area (Å²) in [6.45, 7) is 6.29. The van der Waals surface area contributed by atoms with E-state index in [0.717, 1.165) is 18.6 Å². The summed E-state index contributed by atoms with van der Waals surface area (Å²) >= 11 is 0. The third kappa shape index (κ3) is 5.46. The van der Waals surface area contributed by atoms with Gasteiger partial charge in [0.25, 0.3) is 5.91 Å². The first-order valence-corrected chi connectivity index (χ1v) is 11.3. The number of hydrogen-bond acceptors (Lipinski definition) is 5. The number of furan rings is 1. The minimum absolute atomic E-state index is 0.0349. The zero-order valence-corrected chi connectivity index (χ0v) is 17.8. The number of nitrogens with one attached hydrogen (secondary N) is 1. The lowest BCUT2D eigenvalue weighted by Crippen LogP contribution is -2.48. The SMILES string of the molecule is C[C@@H]1CN(S(=O)(=O)c2ccc(C(=O)N[C@@H](C)CCc3ccco3)cc2)C[C@H](C)O1. The molecule has 1 aliphatic rings. The van der Waals surface area contributed by atoms with Gasteiger partial charge in [-0.25, -0.2) is 8.42 Å². The van der Waals surface area contributed by atoms with Gasteiger partial charge in [-0.15, -0.1) is 0 Å². The lowest BCUT2D eigenvalue weighted by Gasteiger charge is -2.34. The molecule has 0 bridgehead atoms. The van der Waals surface area contributed by atoms with E-state index in [1.165, 1.54) is 16.4 Å². The third-order valence-corrected chi connectivity index (χ3v) is 6.77. The van der Waals surface area contributed by atoms with Crippen LogP contribution in [0.1, 0.15) is 43.3 Å². The normalized spacial score (nSPS) is 21.6. The summed E-state index contributed by atoms with van der Waals surface area (Å²) in [5.74, 6) is 0.655. The summed E-state index contributed by atoms with van der Waals surface area (Å²) in [5.41, 5.74) is 0.428. The molecule has 0 saturated carbocycles. The van der Waals surface area contributed by atoms with Gasteiger partial charge < -0.3 is 14.5 Å². The number of morpholine rings is 1. The molecule has 0 aliphatic carbocycles. The van der Waals surface area contributed by atoms with Crippen LogP contribution >= 0.6 is 0 Å². The topological polar surface area (TPSA) is 88.9 Å². The molecule has 3 rings (SSSR count).